The van der Waals surface area contributed by atoms with Crippen LogP contribution in [0.1, 0.15) is 10.4 Å². The van der Waals surface area contributed by atoms with Gasteiger partial charge in [0.05, 0.1) is 19.3 Å². The number of aliphatic hydroxyl groups excluding tert-OH is 2. The number of nitrogens with zero attached hydrogens (tertiary/aromatic N) is 1. The predicted molar refractivity (Wildman–Crippen MR) is 58.3 cm³/mol. The Morgan fingerprint density at radius 2 is 2.24 bits per heavy atom. The van der Waals surface area contributed by atoms with Crippen molar-refractivity contribution >= 4 is 5.91 Å². The molecule has 0 bridgehead atoms. The molecule has 0 radical (unpaired) electrons. The number of aromatic nitrogens is 1. The molecule has 1 saturated heterocycles. The van der Waals surface area contributed by atoms with Crippen LogP contribution in [0, 0.1) is 0 Å². The Morgan fingerprint density at radius 3 is 2.82 bits per heavy atom. The minimum atomic E-state index is -0.884. The molecule has 92 valence electrons. The van der Waals surface area contributed by atoms with Gasteiger partial charge in [0.2, 0.25) is 0 Å². The molecular weight excluding hydrogens is 224 g/mol. The molecule has 0 aliphatic carbocycles. The number of aliphatic hydroxyl groups is 2. The second kappa shape index (κ2) is 5.22. The van der Waals surface area contributed by atoms with Crippen LogP contribution in [0.15, 0.2) is 24.5 Å². The number of ether oxygens (including phenoxy) is 1. The SMILES string of the molecule is O=C(N[C@@H]1CO[C@H](CO)[C@H]1O)c1ccncc1. The molecule has 17 heavy (non-hydrogen) atoms. The second-order valence-electron chi connectivity index (χ2n) is 3.86. The van der Waals surface area contributed by atoms with E-state index in [9.17, 15) is 9.90 Å². The molecule has 3 atom stereocenters. The van der Waals surface area contributed by atoms with Crippen molar-refractivity contribution in [2.24, 2.45) is 0 Å². The lowest BCUT2D eigenvalue weighted by Crippen LogP contribution is -2.45. The summed E-state index contributed by atoms with van der Waals surface area (Å²) in [5, 5.41) is 21.3. The third-order valence-electron chi connectivity index (χ3n) is 2.72. The van der Waals surface area contributed by atoms with Gasteiger partial charge in [-0.05, 0) is 12.1 Å². The lowest BCUT2D eigenvalue weighted by atomic mass is 10.1. The van der Waals surface area contributed by atoms with Gasteiger partial charge in [0.15, 0.2) is 0 Å². The molecule has 1 fully saturated rings. The number of hydrogen-bond donors (Lipinski definition) is 3. The van der Waals surface area contributed by atoms with E-state index in [1.807, 2.05) is 0 Å². The van der Waals surface area contributed by atoms with Crippen molar-refractivity contribution in [3.63, 3.8) is 0 Å². The average Bonchev–Trinajstić information content (AvgIpc) is 2.71. The number of carbonyl (C=O) groups is 1. The molecule has 6 heteroatoms. The highest BCUT2D eigenvalue weighted by atomic mass is 16.5. The van der Waals surface area contributed by atoms with Crippen LogP contribution < -0.4 is 5.32 Å². The molecular formula is C11H14N2O4. The first-order valence-corrected chi connectivity index (χ1v) is 5.34. The Labute approximate surface area is 98.2 Å². The molecule has 2 rings (SSSR count). The van der Waals surface area contributed by atoms with E-state index >= 15 is 0 Å². The first-order chi connectivity index (χ1) is 8.22. The number of amides is 1. The maximum Gasteiger partial charge on any atom is 0.251 e. The summed E-state index contributed by atoms with van der Waals surface area (Å²) in [4.78, 5) is 15.6. The summed E-state index contributed by atoms with van der Waals surface area (Å²) in [6.07, 6.45) is 1.53. The average molecular weight is 238 g/mol. The van der Waals surface area contributed by atoms with Gasteiger partial charge in [-0.1, -0.05) is 0 Å². The fourth-order valence-electron chi connectivity index (χ4n) is 1.73. The Morgan fingerprint density at radius 1 is 1.53 bits per heavy atom. The van der Waals surface area contributed by atoms with Gasteiger partial charge in [0.1, 0.15) is 12.2 Å². The minimum Gasteiger partial charge on any atom is -0.394 e. The van der Waals surface area contributed by atoms with E-state index in [1.165, 1.54) is 12.4 Å². The van der Waals surface area contributed by atoms with E-state index in [0.29, 0.717) is 5.56 Å². The maximum absolute atomic E-state index is 11.8. The zero-order chi connectivity index (χ0) is 12.3. The lowest BCUT2D eigenvalue weighted by Gasteiger charge is -2.17. The summed E-state index contributed by atoms with van der Waals surface area (Å²) in [5.41, 5.74) is 0.472. The van der Waals surface area contributed by atoms with Crippen molar-refractivity contribution in [2.75, 3.05) is 13.2 Å². The van der Waals surface area contributed by atoms with Crippen LogP contribution in [0.25, 0.3) is 0 Å². The number of carbonyl (C=O) groups excluding carboxylic acids is 1. The van der Waals surface area contributed by atoms with E-state index < -0.39 is 18.2 Å². The molecule has 6 nitrogen and oxygen atoms in total. The van der Waals surface area contributed by atoms with Crippen molar-refractivity contribution in [1.82, 2.24) is 10.3 Å². The maximum atomic E-state index is 11.8. The monoisotopic (exact) mass is 238 g/mol. The van der Waals surface area contributed by atoms with Gasteiger partial charge >= 0.3 is 0 Å². The molecule has 1 aliphatic rings. The molecule has 0 saturated carbocycles. The Bertz CT molecular complexity index is 384. The van der Waals surface area contributed by atoms with Crippen LogP contribution >= 0.6 is 0 Å². The largest absolute Gasteiger partial charge is 0.394 e. The fraction of sp³-hybridized carbons (Fsp3) is 0.455. The molecule has 3 N–H and O–H groups in total. The summed E-state index contributed by atoms with van der Waals surface area (Å²) < 4.78 is 5.14. The molecule has 1 aromatic heterocycles. The van der Waals surface area contributed by atoms with Crippen LogP contribution in [0.5, 0.6) is 0 Å². The summed E-state index contributed by atoms with van der Waals surface area (Å²) in [7, 11) is 0. The summed E-state index contributed by atoms with van der Waals surface area (Å²) >= 11 is 0. The molecule has 1 amide bonds. The number of nitrogens with one attached hydrogen (secondary N) is 1. The third-order valence-corrected chi connectivity index (χ3v) is 2.72. The van der Waals surface area contributed by atoms with E-state index in [4.69, 9.17) is 9.84 Å². The molecule has 2 heterocycles. The molecule has 0 aromatic carbocycles. The number of rotatable bonds is 3. The summed E-state index contributed by atoms with van der Waals surface area (Å²) in [6.45, 7) is -0.0635. The van der Waals surface area contributed by atoms with Crippen LogP contribution in [0.3, 0.4) is 0 Å². The van der Waals surface area contributed by atoms with Gasteiger partial charge in [-0.25, -0.2) is 0 Å². The predicted octanol–water partition coefficient (Wildman–Crippen LogP) is -1.07. The van der Waals surface area contributed by atoms with E-state index in [0.717, 1.165) is 0 Å². The smallest absolute Gasteiger partial charge is 0.251 e. The highest BCUT2D eigenvalue weighted by molar-refractivity contribution is 5.94. The Hall–Kier alpha value is -1.50. The zero-order valence-electron chi connectivity index (χ0n) is 9.11. The van der Waals surface area contributed by atoms with Gasteiger partial charge in [-0.3, -0.25) is 9.78 Å². The Kier molecular flexibility index (Phi) is 3.68. The van der Waals surface area contributed by atoms with Crippen molar-refractivity contribution < 1.29 is 19.7 Å². The molecule has 0 spiro atoms. The van der Waals surface area contributed by atoms with E-state index in [1.54, 1.807) is 12.1 Å². The van der Waals surface area contributed by atoms with Gasteiger partial charge in [-0.15, -0.1) is 0 Å². The Balaban J connectivity index is 1.96. The van der Waals surface area contributed by atoms with Crippen LogP contribution in [-0.2, 0) is 4.74 Å². The van der Waals surface area contributed by atoms with Gasteiger partial charge in [-0.2, -0.15) is 0 Å². The third kappa shape index (κ3) is 2.60. The van der Waals surface area contributed by atoms with Crippen molar-refractivity contribution in [1.29, 1.82) is 0 Å². The highest BCUT2D eigenvalue weighted by Gasteiger charge is 2.36. The summed E-state index contributed by atoms with van der Waals surface area (Å²) in [6, 6.07) is 2.68. The minimum absolute atomic E-state index is 0.198. The standard InChI is InChI=1S/C11H14N2O4/c14-5-9-10(15)8(6-17-9)13-11(16)7-1-3-12-4-2-7/h1-4,8-10,14-15H,5-6H2,(H,13,16)/t8-,9-,10+/m1/s1. The van der Waals surface area contributed by atoms with E-state index in [2.05, 4.69) is 10.3 Å². The van der Waals surface area contributed by atoms with E-state index in [-0.39, 0.29) is 19.1 Å². The highest BCUT2D eigenvalue weighted by Crippen LogP contribution is 2.14. The van der Waals surface area contributed by atoms with Crippen molar-refractivity contribution in [3.05, 3.63) is 30.1 Å². The first-order valence-electron chi connectivity index (χ1n) is 5.34. The second-order valence-corrected chi connectivity index (χ2v) is 3.86. The van der Waals surface area contributed by atoms with Gasteiger partial charge in [0.25, 0.3) is 5.91 Å². The number of hydrogen-bond acceptors (Lipinski definition) is 5. The normalized spacial score (nSPS) is 28.0. The molecule has 0 unspecified atom stereocenters. The summed E-state index contributed by atoms with van der Waals surface area (Å²) in [5.74, 6) is -0.293. The van der Waals surface area contributed by atoms with Crippen LogP contribution in [0.4, 0.5) is 0 Å². The quantitative estimate of drug-likeness (QED) is 0.624. The van der Waals surface area contributed by atoms with Crippen molar-refractivity contribution in [3.8, 4) is 0 Å². The molecule has 1 aromatic rings. The van der Waals surface area contributed by atoms with Crippen molar-refractivity contribution in [2.45, 2.75) is 18.2 Å². The number of pyridine rings is 1. The van der Waals surface area contributed by atoms with Gasteiger partial charge < -0.3 is 20.3 Å². The topological polar surface area (TPSA) is 91.7 Å². The van der Waals surface area contributed by atoms with Crippen LogP contribution in [-0.4, -0.2) is 52.6 Å². The van der Waals surface area contributed by atoms with Crippen LogP contribution in [0.2, 0.25) is 0 Å². The lowest BCUT2D eigenvalue weighted by molar-refractivity contribution is 0.00278. The first kappa shape index (κ1) is 12.0. The zero-order valence-corrected chi connectivity index (χ0v) is 9.11. The molecule has 1 aliphatic heterocycles. The van der Waals surface area contributed by atoms with Gasteiger partial charge in [0, 0.05) is 18.0 Å². The fourth-order valence-corrected chi connectivity index (χ4v) is 1.73.